The van der Waals surface area contributed by atoms with E-state index in [0.29, 0.717) is 0 Å². The maximum Gasteiger partial charge on any atom is 0.417 e. The van der Waals surface area contributed by atoms with Gasteiger partial charge in [-0.25, -0.2) is 4.63 Å². The summed E-state index contributed by atoms with van der Waals surface area (Å²) in [6.45, 7) is 0. The molecule has 1 aromatic heterocycles. The second-order valence-corrected chi connectivity index (χ2v) is 3.91. The molecule has 0 unspecified atom stereocenters. The lowest BCUT2D eigenvalue weighted by Crippen LogP contribution is -2.06. The van der Waals surface area contributed by atoms with Crippen LogP contribution in [0.1, 0.15) is 5.56 Å². The highest BCUT2D eigenvalue weighted by Crippen LogP contribution is 2.40. The summed E-state index contributed by atoms with van der Waals surface area (Å²) in [7, 11) is 0. The van der Waals surface area contributed by atoms with E-state index >= 15 is 0 Å². The summed E-state index contributed by atoms with van der Waals surface area (Å²) in [5.74, 6) is 0. The van der Waals surface area contributed by atoms with E-state index in [1.165, 1.54) is 0 Å². The predicted octanol–water partition coefficient (Wildman–Crippen LogP) is 3.66. The molecule has 0 bridgehead atoms. The van der Waals surface area contributed by atoms with E-state index in [-0.39, 0.29) is 15.5 Å². The molecular weight excluding hydrogens is 300 g/mol. The van der Waals surface area contributed by atoms with Gasteiger partial charge in [0.15, 0.2) is 11.0 Å². The lowest BCUT2D eigenvalue weighted by Gasteiger charge is -2.08. The van der Waals surface area contributed by atoms with Gasteiger partial charge in [0.1, 0.15) is 0 Å². The summed E-state index contributed by atoms with van der Waals surface area (Å²) in [4.78, 5) is 0. The molecule has 3 nitrogen and oxygen atoms in total. The molecule has 0 N–H and O–H groups in total. The van der Waals surface area contributed by atoms with Crippen LogP contribution in [0.4, 0.5) is 13.2 Å². The van der Waals surface area contributed by atoms with Crippen molar-refractivity contribution in [3.05, 3.63) is 21.1 Å². The first-order chi connectivity index (χ1) is 6.91. The van der Waals surface area contributed by atoms with Crippen molar-refractivity contribution >= 4 is 38.6 Å². The predicted molar refractivity (Wildman–Crippen MR) is 49.5 cm³/mol. The molecule has 8 heteroatoms. The zero-order valence-electron chi connectivity index (χ0n) is 6.77. The standard InChI is InChI=1S/C7HBrClF3N2O/c8-3-1-2(7(10,11)12)4(9)6-5(3)13-15-14-6/h1H. The number of aromatic nitrogens is 2. The average Bonchev–Trinajstić information content (AvgIpc) is 2.58. The Hall–Kier alpha value is -0.820. The molecule has 0 spiro atoms. The number of alkyl halides is 3. The Morgan fingerprint density at radius 3 is 2.47 bits per heavy atom. The maximum atomic E-state index is 12.5. The molecule has 2 aromatic rings. The van der Waals surface area contributed by atoms with E-state index in [9.17, 15) is 13.2 Å². The number of rotatable bonds is 0. The smallest absolute Gasteiger partial charge is 0.243 e. The molecule has 0 saturated carbocycles. The van der Waals surface area contributed by atoms with Crippen LogP contribution in [0, 0.1) is 0 Å². The van der Waals surface area contributed by atoms with Crippen LogP contribution in [0.2, 0.25) is 5.02 Å². The van der Waals surface area contributed by atoms with Crippen LogP contribution < -0.4 is 0 Å². The van der Waals surface area contributed by atoms with Crippen molar-refractivity contribution in [2.75, 3.05) is 0 Å². The molecule has 0 aliphatic heterocycles. The molecule has 0 radical (unpaired) electrons. The topological polar surface area (TPSA) is 38.9 Å². The van der Waals surface area contributed by atoms with Crippen LogP contribution in [0.25, 0.3) is 11.0 Å². The third-order valence-electron chi connectivity index (χ3n) is 1.74. The molecule has 0 atom stereocenters. The van der Waals surface area contributed by atoms with E-state index in [4.69, 9.17) is 11.6 Å². The Bertz CT molecular complexity index is 525. The van der Waals surface area contributed by atoms with Crippen LogP contribution >= 0.6 is 27.5 Å². The van der Waals surface area contributed by atoms with Crippen molar-refractivity contribution in [1.29, 1.82) is 0 Å². The molecule has 80 valence electrons. The van der Waals surface area contributed by atoms with E-state index in [1.807, 2.05) is 0 Å². The van der Waals surface area contributed by atoms with Gasteiger partial charge in [-0.3, -0.25) is 0 Å². The number of fused-ring (bicyclic) bond motifs is 1. The Labute approximate surface area is 94.3 Å². The fourth-order valence-corrected chi connectivity index (χ4v) is 1.86. The monoisotopic (exact) mass is 300 g/mol. The molecule has 1 heterocycles. The van der Waals surface area contributed by atoms with E-state index in [1.54, 1.807) is 0 Å². The van der Waals surface area contributed by atoms with E-state index in [0.717, 1.165) is 6.07 Å². The van der Waals surface area contributed by atoms with E-state index < -0.39 is 16.8 Å². The summed E-state index contributed by atoms with van der Waals surface area (Å²) < 4.78 is 41.9. The largest absolute Gasteiger partial charge is 0.417 e. The van der Waals surface area contributed by atoms with Gasteiger partial charge in [0, 0.05) is 4.47 Å². The third kappa shape index (κ3) is 1.69. The second-order valence-electron chi connectivity index (χ2n) is 2.68. The molecule has 2 rings (SSSR count). The van der Waals surface area contributed by atoms with Crippen LogP contribution in [-0.2, 0) is 6.18 Å². The molecule has 0 aliphatic rings. The highest BCUT2D eigenvalue weighted by molar-refractivity contribution is 9.10. The first-order valence-corrected chi connectivity index (χ1v) is 4.76. The first-order valence-electron chi connectivity index (χ1n) is 3.58. The molecule has 0 aliphatic carbocycles. The Kier molecular flexibility index (Phi) is 2.38. The lowest BCUT2D eigenvalue weighted by molar-refractivity contribution is -0.137. The molecule has 15 heavy (non-hydrogen) atoms. The number of nitrogens with zero attached hydrogens (tertiary/aromatic N) is 2. The Morgan fingerprint density at radius 1 is 1.27 bits per heavy atom. The minimum absolute atomic E-state index is 0.113. The summed E-state index contributed by atoms with van der Waals surface area (Å²) >= 11 is 8.47. The minimum atomic E-state index is -4.53. The van der Waals surface area contributed by atoms with Crippen molar-refractivity contribution in [3.63, 3.8) is 0 Å². The van der Waals surface area contributed by atoms with Gasteiger partial charge in [-0.2, -0.15) is 13.2 Å². The highest BCUT2D eigenvalue weighted by atomic mass is 79.9. The number of benzene rings is 1. The Morgan fingerprint density at radius 2 is 1.87 bits per heavy atom. The third-order valence-corrected chi connectivity index (χ3v) is 2.72. The van der Waals surface area contributed by atoms with Gasteiger partial charge in [0.25, 0.3) is 0 Å². The van der Waals surface area contributed by atoms with E-state index in [2.05, 4.69) is 30.9 Å². The number of hydrogen-bond acceptors (Lipinski definition) is 3. The van der Waals surface area contributed by atoms with Gasteiger partial charge in [-0.1, -0.05) is 11.6 Å². The molecule has 1 aromatic carbocycles. The maximum absolute atomic E-state index is 12.5. The molecule has 0 amide bonds. The van der Waals surface area contributed by atoms with Crippen LogP contribution in [0.5, 0.6) is 0 Å². The fraction of sp³-hybridized carbons (Fsp3) is 0.143. The zero-order chi connectivity index (χ0) is 11.2. The van der Waals surface area contributed by atoms with Crippen LogP contribution in [0.15, 0.2) is 15.2 Å². The highest BCUT2D eigenvalue weighted by Gasteiger charge is 2.35. The fourth-order valence-electron chi connectivity index (χ4n) is 1.08. The summed E-state index contributed by atoms with van der Waals surface area (Å²) in [6, 6.07) is 0.842. The van der Waals surface area contributed by atoms with Gasteiger partial charge >= 0.3 is 6.18 Å². The Balaban J connectivity index is 2.83. The van der Waals surface area contributed by atoms with Gasteiger partial charge in [-0.15, -0.1) is 0 Å². The second kappa shape index (κ2) is 3.34. The minimum Gasteiger partial charge on any atom is -0.243 e. The number of hydrogen-bond donors (Lipinski definition) is 0. The molecular formula is C7HBrClF3N2O. The lowest BCUT2D eigenvalue weighted by atomic mass is 10.2. The summed E-state index contributed by atoms with van der Waals surface area (Å²) in [5.41, 5.74) is -0.925. The SMILES string of the molecule is FC(F)(F)c1cc(Br)c2nonc2c1Cl. The first kappa shape index (κ1) is 10.7. The summed E-state index contributed by atoms with van der Waals surface area (Å²) in [5, 5.41) is 6.21. The van der Waals surface area contributed by atoms with Crippen molar-refractivity contribution < 1.29 is 17.8 Å². The average molecular weight is 301 g/mol. The van der Waals surface area contributed by atoms with Crippen molar-refractivity contribution in [2.24, 2.45) is 0 Å². The van der Waals surface area contributed by atoms with Crippen LogP contribution in [0.3, 0.4) is 0 Å². The van der Waals surface area contributed by atoms with Gasteiger partial charge < -0.3 is 0 Å². The van der Waals surface area contributed by atoms with Crippen LogP contribution in [-0.4, -0.2) is 10.3 Å². The number of halogens is 5. The van der Waals surface area contributed by atoms with Gasteiger partial charge in [0.2, 0.25) is 0 Å². The van der Waals surface area contributed by atoms with Crippen molar-refractivity contribution in [1.82, 2.24) is 10.3 Å². The summed E-state index contributed by atoms with van der Waals surface area (Å²) in [6.07, 6.45) is -4.53. The molecule has 0 fully saturated rings. The zero-order valence-corrected chi connectivity index (χ0v) is 9.11. The normalized spacial score (nSPS) is 12.3. The van der Waals surface area contributed by atoms with Crippen molar-refractivity contribution in [3.8, 4) is 0 Å². The van der Waals surface area contributed by atoms with Gasteiger partial charge in [-0.05, 0) is 32.3 Å². The quantitative estimate of drug-likeness (QED) is 0.745. The molecule has 0 saturated heterocycles. The van der Waals surface area contributed by atoms with Crippen molar-refractivity contribution in [2.45, 2.75) is 6.18 Å². The van der Waals surface area contributed by atoms with Gasteiger partial charge in [0.05, 0.1) is 10.6 Å².